The van der Waals surface area contributed by atoms with Gasteiger partial charge < -0.3 is 4.74 Å². The number of ether oxygens (including phenoxy) is 1. The largest absolute Gasteiger partial charge is 0.497 e. The van der Waals surface area contributed by atoms with Crippen LogP contribution in [0.1, 0.15) is 34.6 Å². The van der Waals surface area contributed by atoms with Crippen molar-refractivity contribution in [2.24, 2.45) is 0 Å². The van der Waals surface area contributed by atoms with Gasteiger partial charge in [0.05, 0.1) is 18.2 Å². The lowest BCUT2D eigenvalue weighted by Crippen LogP contribution is -2.24. The average molecular weight is 221 g/mol. The second-order valence-corrected chi connectivity index (χ2v) is 3.08. The highest BCUT2D eigenvalue weighted by Crippen LogP contribution is 2.25. The number of methoxy groups -OCH3 is 1. The first kappa shape index (κ1) is 12.2. The third-order valence-electron chi connectivity index (χ3n) is 2.30. The van der Waals surface area contributed by atoms with Crippen molar-refractivity contribution in [3.8, 4) is 5.75 Å². The van der Waals surface area contributed by atoms with E-state index in [0.29, 0.717) is 16.9 Å². The Morgan fingerprint density at radius 2 is 1.62 bits per heavy atom. The van der Waals surface area contributed by atoms with Gasteiger partial charge in [0, 0.05) is 7.05 Å². The maximum atomic E-state index is 11.5. The predicted molar refractivity (Wildman–Crippen MR) is 60.8 cm³/mol. The third kappa shape index (κ3) is 1.78. The van der Waals surface area contributed by atoms with Gasteiger partial charge in [-0.15, -0.1) is 0 Å². The van der Waals surface area contributed by atoms with Crippen molar-refractivity contribution in [1.82, 2.24) is 4.90 Å². The van der Waals surface area contributed by atoms with Crippen LogP contribution in [0.4, 0.5) is 0 Å². The van der Waals surface area contributed by atoms with E-state index in [9.17, 15) is 9.59 Å². The summed E-state index contributed by atoms with van der Waals surface area (Å²) >= 11 is 0. The zero-order chi connectivity index (χ0) is 12.3. The minimum Gasteiger partial charge on any atom is -0.497 e. The van der Waals surface area contributed by atoms with Crippen LogP contribution in [-0.2, 0) is 0 Å². The highest BCUT2D eigenvalue weighted by Gasteiger charge is 2.32. The molecule has 2 rings (SSSR count). The monoisotopic (exact) mass is 221 g/mol. The van der Waals surface area contributed by atoms with Crippen molar-refractivity contribution < 1.29 is 14.3 Å². The number of hydrogen-bond donors (Lipinski definition) is 0. The molecule has 16 heavy (non-hydrogen) atoms. The normalized spacial score (nSPS) is 13.1. The Hall–Kier alpha value is -1.84. The fourth-order valence-corrected chi connectivity index (χ4v) is 1.47. The number of amides is 2. The molecule has 0 radical (unpaired) electrons. The van der Waals surface area contributed by atoms with Gasteiger partial charge in [0.25, 0.3) is 11.8 Å². The molecule has 0 aliphatic carbocycles. The molecule has 4 nitrogen and oxygen atoms in total. The Labute approximate surface area is 94.8 Å². The van der Waals surface area contributed by atoms with E-state index in [4.69, 9.17) is 4.74 Å². The molecule has 0 N–H and O–H groups in total. The van der Waals surface area contributed by atoms with Crippen LogP contribution in [0.2, 0.25) is 0 Å². The minimum absolute atomic E-state index is 0.257. The topological polar surface area (TPSA) is 46.6 Å². The molecule has 1 aromatic rings. The number of rotatable bonds is 1. The summed E-state index contributed by atoms with van der Waals surface area (Å²) in [5.41, 5.74) is 0.857. The van der Waals surface area contributed by atoms with Crippen molar-refractivity contribution in [3.63, 3.8) is 0 Å². The Kier molecular flexibility index (Phi) is 3.66. The molecule has 1 aliphatic heterocycles. The number of carbonyl (C=O) groups excluding carboxylic acids is 2. The van der Waals surface area contributed by atoms with Gasteiger partial charge in [-0.05, 0) is 18.2 Å². The summed E-state index contributed by atoms with van der Waals surface area (Å²) in [5.74, 6) is 0.0525. The average Bonchev–Trinajstić information content (AvgIpc) is 2.57. The summed E-state index contributed by atoms with van der Waals surface area (Å²) < 4.78 is 4.98. The lowest BCUT2D eigenvalue weighted by molar-refractivity contribution is 0.0693. The van der Waals surface area contributed by atoms with Gasteiger partial charge in [-0.3, -0.25) is 14.5 Å². The van der Waals surface area contributed by atoms with Crippen molar-refractivity contribution in [2.75, 3.05) is 14.2 Å². The van der Waals surface area contributed by atoms with E-state index < -0.39 is 0 Å². The van der Waals surface area contributed by atoms with Crippen LogP contribution in [0.15, 0.2) is 18.2 Å². The highest BCUT2D eigenvalue weighted by molar-refractivity contribution is 6.21. The fourth-order valence-electron chi connectivity index (χ4n) is 1.47. The first-order chi connectivity index (χ1) is 7.65. The lowest BCUT2D eigenvalue weighted by Gasteiger charge is -2.02. The van der Waals surface area contributed by atoms with Gasteiger partial charge in [-0.25, -0.2) is 0 Å². The van der Waals surface area contributed by atoms with Crippen LogP contribution < -0.4 is 4.74 Å². The Morgan fingerprint density at radius 3 is 2.19 bits per heavy atom. The summed E-state index contributed by atoms with van der Waals surface area (Å²) in [6.45, 7) is 4.00. The summed E-state index contributed by atoms with van der Waals surface area (Å²) in [6, 6.07) is 4.86. The van der Waals surface area contributed by atoms with Gasteiger partial charge in [-0.1, -0.05) is 13.8 Å². The quantitative estimate of drug-likeness (QED) is 0.681. The van der Waals surface area contributed by atoms with Gasteiger partial charge in [0.1, 0.15) is 5.75 Å². The van der Waals surface area contributed by atoms with Gasteiger partial charge in [0.15, 0.2) is 0 Å². The van der Waals surface area contributed by atoms with Crippen molar-refractivity contribution in [2.45, 2.75) is 13.8 Å². The number of benzene rings is 1. The van der Waals surface area contributed by atoms with Crippen LogP contribution >= 0.6 is 0 Å². The number of fused-ring (bicyclic) bond motifs is 1. The second-order valence-electron chi connectivity index (χ2n) is 3.08. The molecule has 0 bridgehead atoms. The van der Waals surface area contributed by atoms with Crippen molar-refractivity contribution >= 4 is 11.8 Å². The molecule has 1 aliphatic rings. The Bertz CT molecular complexity index is 426. The molecule has 0 saturated carbocycles. The second kappa shape index (κ2) is 4.79. The smallest absolute Gasteiger partial charge is 0.261 e. The summed E-state index contributed by atoms with van der Waals surface area (Å²) in [5, 5.41) is 0. The Morgan fingerprint density at radius 1 is 1.06 bits per heavy atom. The van der Waals surface area contributed by atoms with Crippen LogP contribution in [0.5, 0.6) is 5.75 Å². The van der Waals surface area contributed by atoms with Crippen LogP contribution in [0, 0.1) is 0 Å². The third-order valence-corrected chi connectivity index (χ3v) is 2.30. The van der Waals surface area contributed by atoms with Crippen LogP contribution in [0.25, 0.3) is 0 Å². The van der Waals surface area contributed by atoms with Gasteiger partial charge in [0.2, 0.25) is 0 Å². The van der Waals surface area contributed by atoms with Gasteiger partial charge in [-0.2, -0.15) is 0 Å². The van der Waals surface area contributed by atoms with Crippen molar-refractivity contribution in [1.29, 1.82) is 0 Å². The molecule has 1 heterocycles. The maximum absolute atomic E-state index is 11.5. The van der Waals surface area contributed by atoms with Crippen molar-refractivity contribution in [3.05, 3.63) is 29.3 Å². The van der Waals surface area contributed by atoms with E-state index in [0.717, 1.165) is 4.90 Å². The summed E-state index contributed by atoms with van der Waals surface area (Å²) in [4.78, 5) is 24.1. The summed E-state index contributed by atoms with van der Waals surface area (Å²) in [6.07, 6.45) is 0. The van der Waals surface area contributed by atoms with E-state index >= 15 is 0 Å². The lowest BCUT2D eigenvalue weighted by atomic mass is 10.1. The molecular formula is C12H15NO3. The van der Waals surface area contributed by atoms with E-state index in [1.807, 2.05) is 13.8 Å². The SMILES string of the molecule is CC.COc1ccc2c(c1)C(=O)N(C)C2=O. The van der Waals surface area contributed by atoms with Crippen LogP contribution in [-0.4, -0.2) is 30.9 Å². The Balaban J connectivity index is 0.000000606. The van der Waals surface area contributed by atoms with Gasteiger partial charge >= 0.3 is 0 Å². The minimum atomic E-state index is -0.274. The number of imide groups is 1. The molecule has 0 aromatic heterocycles. The molecule has 86 valence electrons. The number of hydrogen-bond acceptors (Lipinski definition) is 3. The first-order valence-electron chi connectivity index (χ1n) is 5.15. The predicted octanol–water partition coefficient (Wildman–Crippen LogP) is 1.95. The van der Waals surface area contributed by atoms with E-state index in [1.54, 1.807) is 18.2 Å². The summed E-state index contributed by atoms with van der Waals surface area (Å²) in [7, 11) is 2.99. The molecule has 0 spiro atoms. The highest BCUT2D eigenvalue weighted by atomic mass is 16.5. The number of nitrogens with zero attached hydrogens (tertiary/aromatic N) is 1. The molecule has 4 heteroatoms. The molecule has 0 unspecified atom stereocenters. The molecular weight excluding hydrogens is 206 g/mol. The van der Waals surface area contributed by atoms with E-state index in [2.05, 4.69) is 0 Å². The zero-order valence-corrected chi connectivity index (χ0v) is 9.90. The number of carbonyl (C=O) groups is 2. The molecule has 0 fully saturated rings. The standard InChI is InChI=1S/C10H9NO3.C2H6/c1-11-9(12)7-4-3-6(14-2)5-8(7)10(11)13;1-2/h3-5H,1-2H3;1-2H3. The van der Waals surface area contributed by atoms with E-state index in [1.165, 1.54) is 14.2 Å². The molecule has 0 saturated heterocycles. The first-order valence-corrected chi connectivity index (χ1v) is 5.15. The van der Waals surface area contributed by atoms with Crippen LogP contribution in [0.3, 0.4) is 0 Å². The van der Waals surface area contributed by atoms with E-state index in [-0.39, 0.29) is 11.8 Å². The molecule has 0 atom stereocenters. The fraction of sp³-hybridized carbons (Fsp3) is 0.333. The zero-order valence-electron chi connectivity index (χ0n) is 9.90. The molecule has 1 aromatic carbocycles. The molecule has 2 amide bonds. The maximum Gasteiger partial charge on any atom is 0.261 e.